The van der Waals surface area contributed by atoms with Crippen LogP contribution >= 0.6 is 0 Å². The van der Waals surface area contributed by atoms with Gasteiger partial charge in [0, 0.05) is 51.9 Å². The van der Waals surface area contributed by atoms with Crippen molar-refractivity contribution in [2.45, 2.75) is 31.2 Å². The van der Waals surface area contributed by atoms with Crippen molar-refractivity contribution in [2.75, 3.05) is 37.6 Å². The maximum atomic E-state index is 13.2. The van der Waals surface area contributed by atoms with Crippen molar-refractivity contribution in [2.24, 2.45) is 0 Å². The van der Waals surface area contributed by atoms with Gasteiger partial charge in [0.25, 0.3) is 0 Å². The van der Waals surface area contributed by atoms with E-state index in [4.69, 9.17) is 0 Å². The van der Waals surface area contributed by atoms with Gasteiger partial charge in [-0.05, 0) is 42.2 Å². The Labute approximate surface area is 172 Å². The van der Waals surface area contributed by atoms with Crippen LogP contribution < -0.4 is 4.90 Å². The lowest BCUT2D eigenvalue weighted by molar-refractivity contribution is -0.116. The highest BCUT2D eigenvalue weighted by atomic mass is 32.2. The molecule has 0 saturated carbocycles. The van der Waals surface area contributed by atoms with Crippen molar-refractivity contribution >= 4 is 21.6 Å². The van der Waals surface area contributed by atoms with E-state index in [1.165, 1.54) is 5.56 Å². The predicted molar refractivity (Wildman–Crippen MR) is 113 cm³/mol. The summed E-state index contributed by atoms with van der Waals surface area (Å²) in [6, 6.07) is 15.4. The summed E-state index contributed by atoms with van der Waals surface area (Å²) in [5, 5.41) is 0. The lowest BCUT2D eigenvalue weighted by Gasteiger charge is -2.34. The number of hydrogen-bond acceptors (Lipinski definition) is 4. The fourth-order valence-corrected chi connectivity index (χ4v) is 5.65. The summed E-state index contributed by atoms with van der Waals surface area (Å²) in [5.41, 5.74) is 3.03. The highest BCUT2D eigenvalue weighted by Gasteiger charge is 2.30. The smallest absolute Gasteiger partial charge is 0.243 e. The molecular weight excluding hydrogens is 386 g/mol. The highest BCUT2D eigenvalue weighted by Crippen LogP contribution is 2.30. The summed E-state index contributed by atoms with van der Waals surface area (Å²) in [6.07, 6.45) is 1.65. The number of sulfonamides is 1. The number of carbonyl (C=O) groups is 1. The second-order valence-electron chi connectivity index (χ2n) is 7.73. The van der Waals surface area contributed by atoms with E-state index in [0.29, 0.717) is 24.5 Å². The Hall–Kier alpha value is -2.22. The van der Waals surface area contributed by atoms with Crippen LogP contribution in [-0.2, 0) is 27.8 Å². The Morgan fingerprint density at radius 3 is 2.38 bits per heavy atom. The second kappa shape index (κ2) is 8.26. The van der Waals surface area contributed by atoms with Crippen LogP contribution in [0.1, 0.15) is 24.5 Å². The molecular formula is C22H27N3O3S. The summed E-state index contributed by atoms with van der Waals surface area (Å²) in [4.78, 5) is 16.2. The Morgan fingerprint density at radius 1 is 0.966 bits per heavy atom. The summed E-state index contributed by atoms with van der Waals surface area (Å²) in [7, 11) is -3.53. The normalized spacial score (nSPS) is 18.4. The number of benzene rings is 2. The van der Waals surface area contributed by atoms with E-state index in [0.717, 1.165) is 43.7 Å². The van der Waals surface area contributed by atoms with E-state index in [9.17, 15) is 13.2 Å². The van der Waals surface area contributed by atoms with Crippen molar-refractivity contribution in [1.29, 1.82) is 0 Å². The number of amides is 1. The van der Waals surface area contributed by atoms with E-state index in [-0.39, 0.29) is 5.91 Å². The molecule has 0 aromatic heterocycles. The van der Waals surface area contributed by atoms with E-state index >= 15 is 0 Å². The average molecular weight is 414 g/mol. The van der Waals surface area contributed by atoms with Gasteiger partial charge in [0.05, 0.1) is 4.90 Å². The largest absolute Gasteiger partial charge is 0.312 e. The van der Waals surface area contributed by atoms with Gasteiger partial charge in [-0.3, -0.25) is 9.69 Å². The fourth-order valence-electron chi connectivity index (χ4n) is 4.18. The molecule has 0 aliphatic carbocycles. The molecule has 0 atom stereocenters. The minimum Gasteiger partial charge on any atom is -0.312 e. The molecule has 0 unspecified atom stereocenters. The van der Waals surface area contributed by atoms with Crippen molar-refractivity contribution in [3.8, 4) is 0 Å². The molecule has 154 valence electrons. The molecule has 1 fully saturated rings. The number of rotatable bonds is 4. The number of nitrogens with zero attached hydrogens (tertiary/aromatic N) is 3. The van der Waals surface area contributed by atoms with Crippen LogP contribution in [0.15, 0.2) is 53.4 Å². The third kappa shape index (κ3) is 4.22. The second-order valence-corrected chi connectivity index (χ2v) is 9.67. The Bertz CT molecular complexity index is 984. The summed E-state index contributed by atoms with van der Waals surface area (Å²) in [5.74, 6) is -0.00362. The van der Waals surface area contributed by atoms with Crippen LogP contribution in [0, 0.1) is 0 Å². The van der Waals surface area contributed by atoms with Gasteiger partial charge in [0.1, 0.15) is 0 Å². The van der Waals surface area contributed by atoms with Gasteiger partial charge in [-0.1, -0.05) is 30.3 Å². The number of hydrogen-bond donors (Lipinski definition) is 0. The first kappa shape index (κ1) is 20.1. The zero-order valence-electron chi connectivity index (χ0n) is 16.8. The standard InChI is InChI=1S/C22H27N3O3S/c1-18(26)25-11-5-8-20-16-21(9-10-22(20)25)29(27,28)24-14-12-23(13-15-24)17-19-6-3-2-4-7-19/h2-4,6-7,9-10,16H,5,8,11-15,17H2,1H3. The molecule has 0 N–H and O–H groups in total. The number of fused-ring (bicyclic) bond motifs is 1. The molecule has 7 heteroatoms. The minimum absolute atomic E-state index is 0.00362. The quantitative estimate of drug-likeness (QED) is 0.773. The number of anilines is 1. The van der Waals surface area contributed by atoms with Crippen molar-refractivity contribution < 1.29 is 13.2 Å². The van der Waals surface area contributed by atoms with E-state index in [2.05, 4.69) is 17.0 Å². The van der Waals surface area contributed by atoms with E-state index < -0.39 is 10.0 Å². The molecule has 2 aromatic carbocycles. The van der Waals surface area contributed by atoms with Crippen LogP contribution in [0.25, 0.3) is 0 Å². The van der Waals surface area contributed by atoms with Gasteiger partial charge in [0.15, 0.2) is 0 Å². The number of aryl methyl sites for hydroxylation is 1. The highest BCUT2D eigenvalue weighted by molar-refractivity contribution is 7.89. The van der Waals surface area contributed by atoms with Gasteiger partial charge in [-0.25, -0.2) is 8.42 Å². The monoisotopic (exact) mass is 413 g/mol. The average Bonchev–Trinajstić information content (AvgIpc) is 2.74. The SMILES string of the molecule is CC(=O)N1CCCc2cc(S(=O)(=O)N3CCN(Cc4ccccc4)CC3)ccc21. The minimum atomic E-state index is -3.53. The van der Waals surface area contributed by atoms with Gasteiger partial charge < -0.3 is 4.90 Å². The number of carbonyl (C=O) groups excluding carboxylic acids is 1. The zero-order valence-corrected chi connectivity index (χ0v) is 17.6. The topological polar surface area (TPSA) is 60.9 Å². The van der Waals surface area contributed by atoms with Crippen molar-refractivity contribution in [3.05, 3.63) is 59.7 Å². The molecule has 2 aromatic rings. The Kier molecular flexibility index (Phi) is 5.72. The first-order valence-electron chi connectivity index (χ1n) is 10.1. The first-order valence-corrected chi connectivity index (χ1v) is 11.6. The molecule has 29 heavy (non-hydrogen) atoms. The summed E-state index contributed by atoms with van der Waals surface area (Å²) < 4.78 is 27.9. The molecule has 0 bridgehead atoms. The van der Waals surface area contributed by atoms with E-state index in [1.54, 1.807) is 34.3 Å². The van der Waals surface area contributed by atoms with Crippen LogP contribution in [0.3, 0.4) is 0 Å². The molecule has 2 heterocycles. The first-order chi connectivity index (χ1) is 13.9. The van der Waals surface area contributed by atoms with Crippen LogP contribution in [0.4, 0.5) is 5.69 Å². The maximum absolute atomic E-state index is 13.2. The number of piperazine rings is 1. The van der Waals surface area contributed by atoms with Crippen LogP contribution in [0.5, 0.6) is 0 Å². The lowest BCUT2D eigenvalue weighted by Crippen LogP contribution is -2.48. The Morgan fingerprint density at radius 2 is 1.69 bits per heavy atom. The van der Waals surface area contributed by atoms with Gasteiger partial charge in [-0.15, -0.1) is 0 Å². The molecule has 2 aliphatic rings. The molecule has 1 amide bonds. The molecule has 1 saturated heterocycles. The molecule has 2 aliphatic heterocycles. The molecule has 0 spiro atoms. The predicted octanol–water partition coefficient (Wildman–Crippen LogP) is 2.49. The van der Waals surface area contributed by atoms with Gasteiger partial charge in [0.2, 0.25) is 15.9 Å². The lowest BCUT2D eigenvalue weighted by atomic mass is 10.0. The maximum Gasteiger partial charge on any atom is 0.243 e. The van der Waals surface area contributed by atoms with Crippen LogP contribution in [0.2, 0.25) is 0 Å². The van der Waals surface area contributed by atoms with E-state index in [1.807, 2.05) is 18.2 Å². The molecule has 4 rings (SSSR count). The zero-order chi connectivity index (χ0) is 20.4. The third-order valence-corrected chi connectivity index (χ3v) is 7.66. The van der Waals surface area contributed by atoms with Crippen LogP contribution in [-0.4, -0.2) is 56.3 Å². The summed E-state index contributed by atoms with van der Waals surface area (Å²) >= 11 is 0. The Balaban J connectivity index is 1.46. The summed E-state index contributed by atoms with van der Waals surface area (Å²) in [6.45, 7) is 5.51. The van der Waals surface area contributed by atoms with Crippen molar-refractivity contribution in [1.82, 2.24) is 9.21 Å². The third-order valence-electron chi connectivity index (χ3n) is 5.77. The molecule has 6 nitrogen and oxygen atoms in total. The fraction of sp³-hybridized carbons (Fsp3) is 0.409. The van der Waals surface area contributed by atoms with Gasteiger partial charge >= 0.3 is 0 Å². The van der Waals surface area contributed by atoms with Crippen molar-refractivity contribution in [3.63, 3.8) is 0 Å². The molecule has 0 radical (unpaired) electrons. The van der Waals surface area contributed by atoms with Gasteiger partial charge in [-0.2, -0.15) is 4.31 Å².